The minimum absolute atomic E-state index is 0.125. The second-order valence-electron chi connectivity index (χ2n) is 9.39. The smallest absolute Gasteiger partial charge is 0.264 e. The molecule has 0 fully saturated rings. The molecule has 0 amide bonds. The van der Waals surface area contributed by atoms with Gasteiger partial charge >= 0.3 is 0 Å². The van der Waals surface area contributed by atoms with Gasteiger partial charge in [0.25, 0.3) is 5.52 Å². The highest BCUT2D eigenvalue weighted by atomic mass is 16.7. The molecule has 0 radical (unpaired) electrons. The molecule has 0 aliphatic carbocycles. The van der Waals surface area contributed by atoms with Crippen LogP contribution in [0.3, 0.4) is 0 Å². The molecule has 0 unspecified atom stereocenters. The molecule has 0 aliphatic heterocycles. The number of nitrogens with zero attached hydrogens (tertiary/aromatic N) is 2. The quantitative estimate of drug-likeness (QED) is 0.441. The third-order valence-corrected chi connectivity index (χ3v) is 5.57. The second kappa shape index (κ2) is 7.14. The van der Waals surface area contributed by atoms with Crippen molar-refractivity contribution in [2.45, 2.75) is 45.4 Å². The van der Waals surface area contributed by atoms with Crippen molar-refractivity contribution < 1.29 is 9.57 Å². The first-order valence-corrected chi connectivity index (χ1v) is 10.2. The van der Waals surface area contributed by atoms with E-state index in [1.54, 1.807) is 0 Å². The van der Waals surface area contributed by atoms with E-state index in [4.69, 9.17) is 4.84 Å². The van der Waals surface area contributed by atoms with Crippen molar-refractivity contribution in [1.82, 2.24) is 4.98 Å². The minimum atomic E-state index is -0.164. The molecule has 3 heteroatoms. The van der Waals surface area contributed by atoms with E-state index >= 15 is 0 Å². The maximum absolute atomic E-state index is 6.31. The normalized spacial score (nSPS) is 12.4. The zero-order chi connectivity index (χ0) is 20.6. The summed E-state index contributed by atoms with van der Waals surface area (Å²) >= 11 is 0. The van der Waals surface area contributed by atoms with E-state index in [-0.39, 0.29) is 10.8 Å². The summed E-state index contributed by atoms with van der Waals surface area (Å²) in [5, 5.41) is 2.37. The molecular formula is C26H29N2O+. The summed E-state index contributed by atoms with van der Waals surface area (Å²) in [6, 6.07) is 21.2. The van der Waals surface area contributed by atoms with Crippen LogP contribution >= 0.6 is 0 Å². The first kappa shape index (κ1) is 19.4. The monoisotopic (exact) mass is 385 g/mol. The highest BCUT2D eigenvalue weighted by Gasteiger charge is 2.27. The SMILES string of the molecule is CC(C)(C)c1ccc2c(ccc[n+]2OCC(C)(C)c2ccnc3ccccc23)c1. The van der Waals surface area contributed by atoms with Gasteiger partial charge in [0, 0.05) is 33.9 Å². The summed E-state index contributed by atoms with van der Waals surface area (Å²) < 4.78 is 1.90. The van der Waals surface area contributed by atoms with Crippen molar-refractivity contribution in [2.75, 3.05) is 6.61 Å². The van der Waals surface area contributed by atoms with Crippen LogP contribution in [-0.2, 0) is 10.8 Å². The fourth-order valence-corrected chi connectivity index (χ4v) is 3.77. The molecule has 148 valence electrons. The highest BCUT2D eigenvalue weighted by Crippen LogP contribution is 2.29. The predicted molar refractivity (Wildman–Crippen MR) is 119 cm³/mol. The molecule has 0 aliphatic rings. The van der Waals surface area contributed by atoms with Gasteiger partial charge in [-0.25, -0.2) is 0 Å². The van der Waals surface area contributed by atoms with E-state index in [1.165, 1.54) is 21.9 Å². The molecule has 0 atom stereocenters. The fraction of sp³-hybridized carbons (Fsp3) is 0.308. The first-order chi connectivity index (χ1) is 13.8. The van der Waals surface area contributed by atoms with Crippen LogP contribution in [0, 0.1) is 0 Å². The highest BCUT2D eigenvalue weighted by molar-refractivity contribution is 5.83. The van der Waals surface area contributed by atoms with Crippen molar-refractivity contribution in [2.24, 2.45) is 0 Å². The van der Waals surface area contributed by atoms with Crippen molar-refractivity contribution in [3.63, 3.8) is 0 Å². The summed E-state index contributed by atoms with van der Waals surface area (Å²) in [4.78, 5) is 10.8. The maximum atomic E-state index is 6.31. The molecule has 2 heterocycles. The van der Waals surface area contributed by atoms with Crippen LogP contribution in [-0.4, -0.2) is 11.6 Å². The topological polar surface area (TPSA) is 26.0 Å². The second-order valence-corrected chi connectivity index (χ2v) is 9.39. The van der Waals surface area contributed by atoms with Gasteiger partial charge in [0.05, 0.1) is 10.9 Å². The molecule has 4 aromatic rings. The van der Waals surface area contributed by atoms with E-state index in [0.29, 0.717) is 6.61 Å². The Balaban J connectivity index is 1.65. The average molecular weight is 386 g/mol. The lowest BCUT2D eigenvalue weighted by Crippen LogP contribution is -2.47. The summed E-state index contributed by atoms with van der Waals surface area (Å²) in [7, 11) is 0. The molecule has 0 saturated carbocycles. The Labute approximate surface area is 172 Å². The van der Waals surface area contributed by atoms with Gasteiger partial charge in [-0.2, -0.15) is 0 Å². The van der Waals surface area contributed by atoms with Crippen molar-refractivity contribution in [3.05, 3.63) is 84.2 Å². The van der Waals surface area contributed by atoms with Gasteiger partial charge in [-0.15, -0.1) is 0 Å². The molecule has 4 rings (SSSR count). The van der Waals surface area contributed by atoms with Gasteiger partial charge in [-0.3, -0.25) is 9.82 Å². The molecule has 0 spiro atoms. The Morgan fingerprint density at radius 3 is 2.48 bits per heavy atom. The summed E-state index contributed by atoms with van der Waals surface area (Å²) in [6.07, 6.45) is 3.87. The van der Waals surface area contributed by atoms with Crippen LogP contribution in [0.25, 0.3) is 21.8 Å². The maximum Gasteiger partial charge on any atom is 0.264 e. The van der Waals surface area contributed by atoms with Gasteiger partial charge in [0.15, 0.2) is 6.61 Å². The van der Waals surface area contributed by atoms with E-state index in [9.17, 15) is 0 Å². The number of fused-ring (bicyclic) bond motifs is 2. The van der Waals surface area contributed by atoms with Gasteiger partial charge < -0.3 is 0 Å². The number of hydrogen-bond donors (Lipinski definition) is 0. The van der Waals surface area contributed by atoms with Crippen LogP contribution in [0.4, 0.5) is 0 Å². The Bertz CT molecular complexity index is 1170. The number of aromatic nitrogens is 2. The third kappa shape index (κ3) is 3.82. The van der Waals surface area contributed by atoms with Gasteiger partial charge in [0.2, 0.25) is 6.20 Å². The number of para-hydroxylation sites is 1. The molecule has 29 heavy (non-hydrogen) atoms. The third-order valence-electron chi connectivity index (χ3n) is 5.57. The minimum Gasteiger partial charge on any atom is -0.270 e. The van der Waals surface area contributed by atoms with Gasteiger partial charge in [0.1, 0.15) is 0 Å². The van der Waals surface area contributed by atoms with Crippen molar-refractivity contribution in [3.8, 4) is 0 Å². The molecule has 3 nitrogen and oxygen atoms in total. The Kier molecular flexibility index (Phi) is 4.77. The van der Waals surface area contributed by atoms with Crippen molar-refractivity contribution in [1.29, 1.82) is 0 Å². The van der Waals surface area contributed by atoms with E-state index in [0.717, 1.165) is 11.0 Å². The largest absolute Gasteiger partial charge is 0.270 e. The molecule has 0 bridgehead atoms. The molecule has 2 aromatic carbocycles. The Morgan fingerprint density at radius 2 is 1.69 bits per heavy atom. The van der Waals surface area contributed by atoms with Crippen LogP contribution in [0.5, 0.6) is 0 Å². The van der Waals surface area contributed by atoms with Gasteiger partial charge in [-0.05, 0) is 40.8 Å². The molecular weight excluding hydrogens is 356 g/mol. The lowest BCUT2D eigenvalue weighted by atomic mass is 9.83. The van der Waals surface area contributed by atoms with E-state index < -0.39 is 0 Å². The Hall–Kier alpha value is -2.94. The average Bonchev–Trinajstić information content (AvgIpc) is 2.70. The van der Waals surface area contributed by atoms with Crippen LogP contribution < -0.4 is 9.57 Å². The predicted octanol–water partition coefficient (Wildman–Crippen LogP) is 5.38. The number of rotatable bonds is 4. The number of pyridine rings is 2. The van der Waals surface area contributed by atoms with Crippen LogP contribution in [0.1, 0.15) is 45.7 Å². The lowest BCUT2D eigenvalue weighted by molar-refractivity contribution is -0.872. The zero-order valence-electron chi connectivity index (χ0n) is 17.9. The summed E-state index contributed by atoms with van der Waals surface area (Å²) in [6.45, 7) is 11.7. The molecule has 0 saturated heterocycles. The Morgan fingerprint density at radius 1 is 0.897 bits per heavy atom. The zero-order valence-corrected chi connectivity index (χ0v) is 17.9. The fourth-order valence-electron chi connectivity index (χ4n) is 3.77. The van der Waals surface area contributed by atoms with Crippen LogP contribution in [0.15, 0.2) is 73.1 Å². The lowest BCUT2D eigenvalue weighted by Gasteiger charge is -2.24. The van der Waals surface area contributed by atoms with Gasteiger partial charge in [-0.1, -0.05) is 58.9 Å². The van der Waals surface area contributed by atoms with E-state index in [2.05, 4.69) is 88.1 Å². The standard InChI is InChI=1S/C26H29N2O/c1-25(2,3)20-12-13-24-19(17-20)9-8-16-28(24)29-18-26(4,5)22-14-15-27-23-11-7-6-10-21(22)23/h6-17H,18H2,1-5H3/q+1. The number of hydrogen-bond acceptors (Lipinski definition) is 2. The molecule has 2 aromatic heterocycles. The number of benzene rings is 2. The molecule has 0 N–H and O–H groups in total. The van der Waals surface area contributed by atoms with E-state index in [1.807, 2.05) is 29.3 Å². The van der Waals surface area contributed by atoms with Crippen molar-refractivity contribution >= 4 is 21.8 Å². The summed E-state index contributed by atoms with van der Waals surface area (Å²) in [5.74, 6) is 0. The van der Waals surface area contributed by atoms with Crippen LogP contribution in [0.2, 0.25) is 0 Å². The summed E-state index contributed by atoms with van der Waals surface area (Å²) in [5.41, 5.74) is 4.63. The first-order valence-electron chi connectivity index (χ1n) is 10.2.